The first-order chi connectivity index (χ1) is 8.06. The fourth-order valence-corrected chi connectivity index (χ4v) is 3.00. The number of hydrogen-bond acceptors (Lipinski definition) is 1. The second kappa shape index (κ2) is 5.22. The zero-order valence-corrected chi connectivity index (χ0v) is 11.2. The molecule has 1 aromatic rings. The second-order valence-corrected chi connectivity index (χ2v) is 5.88. The van der Waals surface area contributed by atoms with Crippen molar-refractivity contribution in [2.75, 3.05) is 0 Å². The lowest BCUT2D eigenvalue weighted by Gasteiger charge is -2.32. The highest BCUT2D eigenvalue weighted by Gasteiger charge is 2.27. The summed E-state index contributed by atoms with van der Waals surface area (Å²) in [6.07, 6.45) is 4.29. The Morgan fingerprint density at radius 2 is 2.00 bits per heavy atom. The minimum absolute atomic E-state index is 0.0916. The Morgan fingerprint density at radius 3 is 2.76 bits per heavy atom. The van der Waals surface area contributed by atoms with Gasteiger partial charge in [-0.25, -0.2) is 0 Å². The van der Waals surface area contributed by atoms with E-state index in [9.17, 15) is 5.11 Å². The summed E-state index contributed by atoms with van der Waals surface area (Å²) in [4.78, 5) is 0. The van der Waals surface area contributed by atoms with Crippen molar-refractivity contribution in [3.63, 3.8) is 0 Å². The van der Waals surface area contributed by atoms with E-state index in [-0.39, 0.29) is 6.10 Å². The summed E-state index contributed by atoms with van der Waals surface area (Å²) in [6.45, 7) is 6.62. The van der Waals surface area contributed by atoms with E-state index in [1.807, 2.05) is 0 Å². The Bertz CT molecular complexity index is 383. The Kier molecular flexibility index (Phi) is 3.88. The van der Waals surface area contributed by atoms with E-state index in [2.05, 4.69) is 39.0 Å². The third-order valence-electron chi connectivity index (χ3n) is 4.19. The molecule has 2 rings (SSSR count). The summed E-state index contributed by atoms with van der Waals surface area (Å²) in [5, 5.41) is 10.1. The number of aliphatic hydroxyl groups is 1. The molecule has 3 unspecified atom stereocenters. The largest absolute Gasteiger partial charge is 0.393 e. The fourth-order valence-electron chi connectivity index (χ4n) is 3.00. The van der Waals surface area contributed by atoms with Crippen LogP contribution in [0, 0.1) is 25.7 Å². The molecule has 0 aromatic heterocycles. The van der Waals surface area contributed by atoms with Crippen molar-refractivity contribution in [1.29, 1.82) is 0 Å². The van der Waals surface area contributed by atoms with Crippen molar-refractivity contribution < 1.29 is 5.11 Å². The van der Waals surface area contributed by atoms with E-state index in [0.29, 0.717) is 5.92 Å². The molecule has 94 valence electrons. The summed E-state index contributed by atoms with van der Waals surface area (Å²) in [6, 6.07) is 6.64. The zero-order chi connectivity index (χ0) is 12.4. The minimum Gasteiger partial charge on any atom is -0.393 e. The average molecular weight is 232 g/mol. The van der Waals surface area contributed by atoms with Gasteiger partial charge in [-0.1, -0.05) is 30.7 Å². The predicted molar refractivity (Wildman–Crippen MR) is 72.1 cm³/mol. The normalized spacial score (nSPS) is 29.3. The lowest BCUT2D eigenvalue weighted by Crippen LogP contribution is -2.29. The maximum absolute atomic E-state index is 10.1. The molecule has 1 N–H and O–H groups in total. The van der Waals surface area contributed by atoms with E-state index < -0.39 is 0 Å². The molecular weight excluding hydrogens is 208 g/mol. The van der Waals surface area contributed by atoms with Crippen LogP contribution in [0.3, 0.4) is 0 Å². The van der Waals surface area contributed by atoms with Crippen molar-refractivity contribution in [1.82, 2.24) is 0 Å². The van der Waals surface area contributed by atoms with Gasteiger partial charge in [-0.05, 0) is 62.5 Å². The number of aliphatic hydroxyl groups excluding tert-OH is 1. The average Bonchev–Trinajstić information content (AvgIpc) is 2.28. The van der Waals surface area contributed by atoms with Gasteiger partial charge in [0.1, 0.15) is 0 Å². The van der Waals surface area contributed by atoms with Crippen molar-refractivity contribution in [3.8, 4) is 0 Å². The van der Waals surface area contributed by atoms with Crippen molar-refractivity contribution in [2.24, 2.45) is 11.8 Å². The van der Waals surface area contributed by atoms with Crippen molar-refractivity contribution in [3.05, 3.63) is 34.9 Å². The van der Waals surface area contributed by atoms with Gasteiger partial charge in [0.2, 0.25) is 0 Å². The third-order valence-corrected chi connectivity index (χ3v) is 4.19. The monoisotopic (exact) mass is 232 g/mol. The smallest absolute Gasteiger partial charge is 0.0571 e. The zero-order valence-electron chi connectivity index (χ0n) is 11.2. The molecule has 1 heteroatoms. The molecule has 1 aliphatic rings. The van der Waals surface area contributed by atoms with E-state index >= 15 is 0 Å². The molecule has 1 aromatic carbocycles. The van der Waals surface area contributed by atoms with Crippen LogP contribution in [0.1, 0.15) is 42.9 Å². The highest BCUT2D eigenvalue weighted by Crippen LogP contribution is 2.32. The number of hydrogen-bond donors (Lipinski definition) is 1. The Hall–Kier alpha value is -0.820. The quantitative estimate of drug-likeness (QED) is 0.825. The molecule has 0 aliphatic heterocycles. The first-order valence-corrected chi connectivity index (χ1v) is 6.80. The van der Waals surface area contributed by atoms with Gasteiger partial charge in [0, 0.05) is 0 Å². The maximum atomic E-state index is 10.1. The highest BCUT2D eigenvalue weighted by molar-refractivity contribution is 5.30. The number of benzene rings is 1. The van der Waals surface area contributed by atoms with Gasteiger partial charge in [0.25, 0.3) is 0 Å². The van der Waals surface area contributed by atoms with Gasteiger partial charge in [-0.2, -0.15) is 0 Å². The van der Waals surface area contributed by atoms with Crippen LogP contribution in [0.2, 0.25) is 0 Å². The van der Waals surface area contributed by atoms with E-state index in [1.165, 1.54) is 29.5 Å². The van der Waals surface area contributed by atoms with Crippen LogP contribution in [-0.4, -0.2) is 11.2 Å². The fraction of sp³-hybridized carbons (Fsp3) is 0.625. The summed E-state index contributed by atoms with van der Waals surface area (Å²) >= 11 is 0. The molecule has 1 fully saturated rings. The van der Waals surface area contributed by atoms with Crippen LogP contribution in [0.5, 0.6) is 0 Å². The Morgan fingerprint density at radius 1 is 1.24 bits per heavy atom. The molecule has 0 bridgehead atoms. The van der Waals surface area contributed by atoms with Crippen molar-refractivity contribution in [2.45, 2.75) is 52.6 Å². The van der Waals surface area contributed by atoms with Gasteiger partial charge in [-0.3, -0.25) is 0 Å². The van der Waals surface area contributed by atoms with Crippen LogP contribution < -0.4 is 0 Å². The molecule has 1 nitrogen and oxygen atoms in total. The van der Waals surface area contributed by atoms with Crippen LogP contribution in [-0.2, 0) is 6.42 Å². The van der Waals surface area contributed by atoms with Crippen LogP contribution >= 0.6 is 0 Å². The molecule has 3 atom stereocenters. The molecular formula is C16H24O. The molecule has 0 spiro atoms. The van der Waals surface area contributed by atoms with Crippen LogP contribution in [0.25, 0.3) is 0 Å². The molecule has 0 radical (unpaired) electrons. The van der Waals surface area contributed by atoms with Gasteiger partial charge in [-0.15, -0.1) is 0 Å². The Labute approximate surface area is 105 Å². The number of aryl methyl sites for hydroxylation is 2. The SMILES string of the molecule is Cc1ccc(C)c(CC2CC(C)CCC2O)c1. The van der Waals surface area contributed by atoms with E-state index in [4.69, 9.17) is 0 Å². The minimum atomic E-state index is -0.0916. The summed E-state index contributed by atoms with van der Waals surface area (Å²) in [5.41, 5.74) is 4.10. The first-order valence-electron chi connectivity index (χ1n) is 6.80. The number of rotatable bonds is 2. The Balaban J connectivity index is 2.11. The van der Waals surface area contributed by atoms with Gasteiger partial charge in [0.05, 0.1) is 6.10 Å². The first kappa shape index (κ1) is 12.6. The summed E-state index contributed by atoms with van der Waals surface area (Å²) in [7, 11) is 0. The summed E-state index contributed by atoms with van der Waals surface area (Å²) < 4.78 is 0. The topological polar surface area (TPSA) is 20.2 Å². The van der Waals surface area contributed by atoms with E-state index in [0.717, 1.165) is 18.8 Å². The van der Waals surface area contributed by atoms with Crippen LogP contribution in [0.15, 0.2) is 18.2 Å². The van der Waals surface area contributed by atoms with Gasteiger partial charge < -0.3 is 5.11 Å². The maximum Gasteiger partial charge on any atom is 0.0571 e. The molecule has 17 heavy (non-hydrogen) atoms. The lowest BCUT2D eigenvalue weighted by molar-refractivity contribution is 0.0519. The second-order valence-electron chi connectivity index (χ2n) is 5.88. The van der Waals surface area contributed by atoms with Crippen LogP contribution in [0.4, 0.5) is 0 Å². The molecule has 0 amide bonds. The highest BCUT2D eigenvalue weighted by atomic mass is 16.3. The molecule has 1 saturated carbocycles. The standard InChI is InChI=1S/C16H24O/c1-11-4-6-13(3)14(8-11)10-15-9-12(2)5-7-16(15)17/h4,6,8,12,15-17H,5,7,9-10H2,1-3H3. The van der Waals surface area contributed by atoms with Gasteiger partial charge >= 0.3 is 0 Å². The molecule has 0 heterocycles. The molecule has 0 saturated heterocycles. The van der Waals surface area contributed by atoms with Crippen molar-refractivity contribution >= 4 is 0 Å². The van der Waals surface area contributed by atoms with Gasteiger partial charge in [0.15, 0.2) is 0 Å². The van der Waals surface area contributed by atoms with E-state index in [1.54, 1.807) is 0 Å². The lowest BCUT2D eigenvalue weighted by atomic mass is 9.77. The summed E-state index contributed by atoms with van der Waals surface area (Å²) in [5.74, 6) is 1.23. The molecule has 1 aliphatic carbocycles. The predicted octanol–water partition coefficient (Wildman–Crippen LogP) is 3.64. The third kappa shape index (κ3) is 3.10.